The zero-order valence-corrected chi connectivity index (χ0v) is 19.2. The van der Waals surface area contributed by atoms with E-state index in [9.17, 15) is 14.0 Å². The van der Waals surface area contributed by atoms with Crippen LogP contribution in [0.1, 0.15) is 27.4 Å². The van der Waals surface area contributed by atoms with Gasteiger partial charge in [-0.3, -0.25) is 9.59 Å². The summed E-state index contributed by atoms with van der Waals surface area (Å²) in [4.78, 5) is 28.0. The summed E-state index contributed by atoms with van der Waals surface area (Å²) in [6, 6.07) is 18.9. The second kappa shape index (κ2) is 9.66. The van der Waals surface area contributed by atoms with Crippen molar-refractivity contribution in [3.05, 3.63) is 89.2 Å². The van der Waals surface area contributed by atoms with Crippen molar-refractivity contribution in [2.24, 2.45) is 5.92 Å². The number of rotatable bonds is 6. The summed E-state index contributed by atoms with van der Waals surface area (Å²) in [5.74, 6) is 0.124. The minimum Gasteiger partial charge on any atom is -0.497 e. The summed E-state index contributed by atoms with van der Waals surface area (Å²) < 4.78 is 30.3. The van der Waals surface area contributed by atoms with E-state index < -0.39 is 17.6 Å². The highest BCUT2D eigenvalue weighted by molar-refractivity contribution is 5.95. The second-order valence-electron chi connectivity index (χ2n) is 8.58. The Morgan fingerprint density at radius 2 is 1.80 bits per heavy atom. The number of hydrogen-bond donors (Lipinski definition) is 1. The number of carbonyl (C=O) groups excluding carboxylic acids is 2. The Morgan fingerprint density at radius 3 is 2.57 bits per heavy atom. The SMILES string of the molecule is COc1ccc([C@H]2CN(C(=O)c3ccccc3F)C[C@@H]2C(=O)NCc2ccc3c(c2)OCO3)cc1. The molecule has 8 heteroatoms. The Hall–Kier alpha value is -4.07. The third kappa shape index (κ3) is 4.64. The van der Waals surface area contributed by atoms with Crippen molar-refractivity contribution < 1.29 is 28.2 Å². The maximum Gasteiger partial charge on any atom is 0.256 e. The summed E-state index contributed by atoms with van der Waals surface area (Å²) in [6.45, 7) is 0.990. The Labute approximate surface area is 202 Å². The summed E-state index contributed by atoms with van der Waals surface area (Å²) >= 11 is 0. The molecule has 7 nitrogen and oxygen atoms in total. The molecule has 0 aromatic heterocycles. The van der Waals surface area contributed by atoms with Gasteiger partial charge in [-0.2, -0.15) is 0 Å². The molecule has 5 rings (SSSR count). The van der Waals surface area contributed by atoms with Crippen LogP contribution in [0.2, 0.25) is 0 Å². The molecular weight excluding hydrogens is 451 g/mol. The van der Waals surface area contributed by atoms with Crippen molar-refractivity contribution in [3.63, 3.8) is 0 Å². The van der Waals surface area contributed by atoms with Crippen molar-refractivity contribution in [2.75, 3.05) is 27.0 Å². The zero-order valence-electron chi connectivity index (χ0n) is 19.2. The van der Waals surface area contributed by atoms with Gasteiger partial charge in [0.25, 0.3) is 5.91 Å². The van der Waals surface area contributed by atoms with E-state index in [0.29, 0.717) is 30.3 Å². The van der Waals surface area contributed by atoms with Crippen LogP contribution in [-0.4, -0.2) is 43.7 Å². The lowest BCUT2D eigenvalue weighted by Gasteiger charge is -2.18. The molecule has 2 aliphatic rings. The standard InChI is InChI=1S/C27H25FN2O5/c1-33-19-9-7-18(8-10-19)21-14-30(27(32)20-4-2-3-5-23(20)28)15-22(21)26(31)29-13-17-6-11-24-25(12-17)35-16-34-24/h2-12,21-22H,13-16H2,1H3,(H,29,31)/t21-,22+/m1/s1. The molecule has 0 saturated carbocycles. The van der Waals surface area contributed by atoms with Crippen LogP contribution < -0.4 is 19.5 Å². The Morgan fingerprint density at radius 1 is 1.03 bits per heavy atom. The van der Waals surface area contributed by atoms with Crippen molar-refractivity contribution in [1.29, 1.82) is 0 Å². The van der Waals surface area contributed by atoms with Gasteiger partial charge in [0, 0.05) is 25.6 Å². The van der Waals surface area contributed by atoms with Crippen LogP contribution in [0.5, 0.6) is 17.2 Å². The molecule has 2 aliphatic heterocycles. The molecule has 35 heavy (non-hydrogen) atoms. The van der Waals surface area contributed by atoms with Gasteiger partial charge in [0.05, 0.1) is 18.6 Å². The molecule has 3 aromatic carbocycles. The Bertz CT molecular complexity index is 1250. The first-order chi connectivity index (χ1) is 17.0. The quantitative estimate of drug-likeness (QED) is 0.587. The van der Waals surface area contributed by atoms with Gasteiger partial charge in [0.1, 0.15) is 11.6 Å². The number of benzene rings is 3. The fraction of sp³-hybridized carbons (Fsp3) is 0.259. The van der Waals surface area contributed by atoms with Crippen molar-refractivity contribution >= 4 is 11.8 Å². The highest BCUT2D eigenvalue weighted by Gasteiger charge is 2.41. The van der Waals surface area contributed by atoms with Gasteiger partial charge in [-0.1, -0.05) is 30.3 Å². The average molecular weight is 477 g/mol. The van der Waals surface area contributed by atoms with Crippen LogP contribution >= 0.6 is 0 Å². The fourth-order valence-electron chi connectivity index (χ4n) is 4.60. The predicted molar refractivity (Wildman–Crippen MR) is 126 cm³/mol. The van der Waals surface area contributed by atoms with Crippen molar-refractivity contribution in [2.45, 2.75) is 12.5 Å². The number of nitrogens with zero attached hydrogens (tertiary/aromatic N) is 1. The van der Waals surface area contributed by atoms with Gasteiger partial charge < -0.3 is 24.4 Å². The molecule has 180 valence electrons. The third-order valence-electron chi connectivity index (χ3n) is 6.50. The van der Waals surface area contributed by atoms with Crippen molar-refractivity contribution in [3.8, 4) is 17.2 Å². The first-order valence-electron chi connectivity index (χ1n) is 11.4. The van der Waals surface area contributed by atoms with E-state index in [-0.39, 0.29) is 30.7 Å². The number of hydrogen-bond acceptors (Lipinski definition) is 5. The molecule has 0 unspecified atom stereocenters. The van der Waals surface area contributed by atoms with Crippen LogP contribution in [0.4, 0.5) is 4.39 Å². The first kappa shape index (κ1) is 22.7. The molecule has 0 spiro atoms. The summed E-state index contributed by atoms with van der Waals surface area (Å²) in [5, 5.41) is 2.99. The largest absolute Gasteiger partial charge is 0.497 e. The lowest BCUT2D eigenvalue weighted by molar-refractivity contribution is -0.125. The third-order valence-corrected chi connectivity index (χ3v) is 6.50. The van der Waals surface area contributed by atoms with E-state index >= 15 is 0 Å². The Kier molecular flexibility index (Phi) is 6.27. The second-order valence-corrected chi connectivity index (χ2v) is 8.58. The van der Waals surface area contributed by atoms with Crippen LogP contribution in [-0.2, 0) is 11.3 Å². The van der Waals surface area contributed by atoms with E-state index in [1.807, 2.05) is 42.5 Å². The molecule has 0 aliphatic carbocycles. The minimum atomic E-state index is -0.575. The number of ether oxygens (including phenoxy) is 3. The molecule has 2 amide bonds. The van der Waals surface area contributed by atoms with Gasteiger partial charge in [0.2, 0.25) is 12.7 Å². The van der Waals surface area contributed by atoms with Gasteiger partial charge >= 0.3 is 0 Å². The number of amides is 2. The Balaban J connectivity index is 1.35. The van der Waals surface area contributed by atoms with E-state index in [0.717, 1.165) is 11.1 Å². The zero-order chi connectivity index (χ0) is 24.4. The number of likely N-dealkylation sites (tertiary alicyclic amines) is 1. The normalized spacial score (nSPS) is 18.4. The van der Waals surface area contributed by atoms with E-state index in [2.05, 4.69) is 5.32 Å². The van der Waals surface area contributed by atoms with Crippen molar-refractivity contribution in [1.82, 2.24) is 10.2 Å². The molecule has 1 fully saturated rings. The summed E-state index contributed by atoms with van der Waals surface area (Å²) in [6.07, 6.45) is 0. The first-order valence-corrected chi connectivity index (χ1v) is 11.4. The number of carbonyl (C=O) groups is 2. The smallest absolute Gasteiger partial charge is 0.256 e. The maximum atomic E-state index is 14.3. The highest BCUT2D eigenvalue weighted by Crippen LogP contribution is 2.35. The molecule has 1 N–H and O–H groups in total. The monoisotopic (exact) mass is 476 g/mol. The van der Waals surface area contributed by atoms with Gasteiger partial charge in [0.15, 0.2) is 11.5 Å². The highest BCUT2D eigenvalue weighted by atomic mass is 19.1. The van der Waals surface area contributed by atoms with Crippen LogP contribution in [0.3, 0.4) is 0 Å². The van der Waals surface area contributed by atoms with Gasteiger partial charge in [-0.15, -0.1) is 0 Å². The molecular formula is C27H25FN2O5. The molecule has 1 saturated heterocycles. The molecule has 2 heterocycles. The van der Waals surface area contributed by atoms with E-state index in [1.165, 1.54) is 12.1 Å². The van der Waals surface area contributed by atoms with Crippen LogP contribution in [0.15, 0.2) is 66.7 Å². The van der Waals surface area contributed by atoms with Gasteiger partial charge in [-0.05, 0) is 47.5 Å². The molecule has 3 aromatic rings. The summed E-state index contributed by atoms with van der Waals surface area (Å²) in [5.41, 5.74) is 1.79. The lowest BCUT2D eigenvalue weighted by atomic mass is 9.88. The number of fused-ring (bicyclic) bond motifs is 1. The van der Waals surface area contributed by atoms with E-state index in [1.54, 1.807) is 24.1 Å². The predicted octanol–water partition coefficient (Wildman–Crippen LogP) is 3.74. The minimum absolute atomic E-state index is 0.00222. The fourth-order valence-corrected chi connectivity index (χ4v) is 4.60. The molecule has 0 radical (unpaired) electrons. The summed E-state index contributed by atoms with van der Waals surface area (Å²) in [7, 11) is 1.59. The topological polar surface area (TPSA) is 77.1 Å². The van der Waals surface area contributed by atoms with E-state index in [4.69, 9.17) is 14.2 Å². The average Bonchev–Trinajstić information content (AvgIpc) is 3.54. The van der Waals surface area contributed by atoms with Crippen LogP contribution in [0, 0.1) is 11.7 Å². The number of methoxy groups -OCH3 is 1. The molecule has 2 atom stereocenters. The maximum absolute atomic E-state index is 14.3. The van der Waals surface area contributed by atoms with Crippen LogP contribution in [0.25, 0.3) is 0 Å². The lowest BCUT2D eigenvalue weighted by Crippen LogP contribution is -2.35. The number of nitrogens with one attached hydrogen (secondary N) is 1. The van der Waals surface area contributed by atoms with Gasteiger partial charge in [-0.25, -0.2) is 4.39 Å². The number of halogens is 1. The molecule has 0 bridgehead atoms.